The topological polar surface area (TPSA) is 43.8 Å². The van der Waals surface area contributed by atoms with Crippen molar-refractivity contribution in [2.45, 2.75) is 13.1 Å². The van der Waals surface area contributed by atoms with Gasteiger partial charge < -0.3 is 14.9 Å². The number of carbonyl (C=O) groups is 1. The number of phenols is 1. The van der Waals surface area contributed by atoms with E-state index in [0.29, 0.717) is 23.7 Å². The molecule has 0 spiro atoms. The maximum atomic E-state index is 12.7. The van der Waals surface area contributed by atoms with Crippen molar-refractivity contribution in [2.75, 3.05) is 28.2 Å². The lowest BCUT2D eigenvalue weighted by Crippen LogP contribution is -2.15. The van der Waals surface area contributed by atoms with E-state index in [2.05, 4.69) is 0 Å². The number of nitrogens with zero attached hydrogens (tertiary/aromatic N) is 2. The molecule has 26 heavy (non-hydrogen) atoms. The number of rotatable bonds is 7. The Bertz CT molecular complexity index is 782. The molecule has 0 aliphatic carbocycles. The summed E-state index contributed by atoms with van der Waals surface area (Å²) in [5.74, 6) is 0.146. The molecule has 0 amide bonds. The van der Waals surface area contributed by atoms with Crippen molar-refractivity contribution in [3.8, 4) is 5.75 Å². The lowest BCUT2D eigenvalue weighted by atomic mass is 10.00. The van der Waals surface area contributed by atoms with Gasteiger partial charge in [0.25, 0.3) is 0 Å². The first kappa shape index (κ1) is 20.2. The molecule has 2 aromatic carbocycles. The summed E-state index contributed by atoms with van der Waals surface area (Å²) in [7, 11) is 7.72. The first-order valence-electron chi connectivity index (χ1n) is 8.38. The maximum Gasteiger partial charge on any atom is 0.185 e. The fraction of sp³-hybridized carbons (Fsp3) is 0.286. The molecule has 0 aliphatic heterocycles. The predicted molar refractivity (Wildman–Crippen MR) is 108 cm³/mol. The van der Waals surface area contributed by atoms with Gasteiger partial charge in [0.2, 0.25) is 0 Å². The second-order valence-corrected chi connectivity index (χ2v) is 7.31. The summed E-state index contributed by atoms with van der Waals surface area (Å²) >= 11 is 5.98. The van der Waals surface area contributed by atoms with E-state index in [1.54, 1.807) is 30.3 Å². The summed E-state index contributed by atoms with van der Waals surface area (Å²) in [4.78, 5) is 16.6. The molecule has 0 bridgehead atoms. The van der Waals surface area contributed by atoms with Crippen molar-refractivity contribution >= 4 is 23.5 Å². The molecule has 0 aliphatic rings. The van der Waals surface area contributed by atoms with Gasteiger partial charge in [-0.3, -0.25) is 4.79 Å². The SMILES string of the molecule is CN(C)Cc1cc(C(=O)C=Cc2cccc(Cl)c2)cc(CN(C)C)c1O. The minimum Gasteiger partial charge on any atom is -0.507 e. The van der Waals surface area contributed by atoms with Crippen LogP contribution in [0.15, 0.2) is 42.5 Å². The number of phenolic OH excluding ortho intramolecular Hbond substituents is 1. The minimum absolute atomic E-state index is 0.106. The number of aromatic hydroxyl groups is 1. The van der Waals surface area contributed by atoms with Gasteiger partial charge in [0.1, 0.15) is 5.75 Å². The van der Waals surface area contributed by atoms with Crippen LogP contribution in [0.4, 0.5) is 0 Å². The Kier molecular flexibility index (Phi) is 6.98. The molecule has 1 N–H and O–H groups in total. The molecule has 0 aromatic heterocycles. The van der Waals surface area contributed by atoms with Gasteiger partial charge in [0, 0.05) is 34.8 Å². The highest BCUT2D eigenvalue weighted by Gasteiger charge is 2.14. The van der Waals surface area contributed by atoms with Crippen LogP contribution in [0.25, 0.3) is 6.08 Å². The smallest absolute Gasteiger partial charge is 0.185 e. The average molecular weight is 373 g/mol. The summed E-state index contributed by atoms with van der Waals surface area (Å²) in [5, 5.41) is 11.2. The monoisotopic (exact) mass is 372 g/mol. The molecule has 0 radical (unpaired) electrons. The van der Waals surface area contributed by atoms with Gasteiger partial charge in [-0.05, 0) is 64.1 Å². The summed E-state index contributed by atoms with van der Waals surface area (Å²) < 4.78 is 0. The van der Waals surface area contributed by atoms with Gasteiger partial charge in [-0.15, -0.1) is 0 Å². The fourth-order valence-electron chi connectivity index (χ4n) is 2.70. The van der Waals surface area contributed by atoms with Crippen LogP contribution in [-0.2, 0) is 13.1 Å². The second kappa shape index (κ2) is 8.99. The van der Waals surface area contributed by atoms with Crippen molar-refractivity contribution in [1.82, 2.24) is 9.80 Å². The molecule has 5 heteroatoms. The van der Waals surface area contributed by atoms with Crippen LogP contribution in [0, 0.1) is 0 Å². The van der Waals surface area contributed by atoms with E-state index in [9.17, 15) is 9.90 Å². The van der Waals surface area contributed by atoms with Crippen molar-refractivity contribution in [3.63, 3.8) is 0 Å². The Morgan fingerprint density at radius 3 is 2.12 bits per heavy atom. The van der Waals surface area contributed by atoms with Gasteiger partial charge in [-0.2, -0.15) is 0 Å². The number of carbonyl (C=O) groups excluding carboxylic acids is 1. The summed E-state index contributed by atoms with van der Waals surface area (Å²) in [6.07, 6.45) is 3.29. The Morgan fingerprint density at radius 2 is 1.62 bits per heavy atom. The van der Waals surface area contributed by atoms with Crippen LogP contribution >= 0.6 is 11.6 Å². The zero-order valence-electron chi connectivity index (χ0n) is 15.7. The molecule has 0 fully saturated rings. The fourth-order valence-corrected chi connectivity index (χ4v) is 2.90. The Labute approximate surface area is 160 Å². The van der Waals surface area contributed by atoms with Gasteiger partial charge in [-0.1, -0.05) is 29.8 Å². The molecule has 0 atom stereocenters. The van der Waals surface area contributed by atoms with E-state index >= 15 is 0 Å². The Balaban J connectivity index is 2.35. The number of benzene rings is 2. The summed E-state index contributed by atoms with van der Waals surface area (Å²) in [6, 6.07) is 10.9. The summed E-state index contributed by atoms with van der Waals surface area (Å²) in [5.41, 5.74) is 2.92. The Hall–Kier alpha value is -2.14. The van der Waals surface area contributed by atoms with Crippen LogP contribution in [-0.4, -0.2) is 48.9 Å². The number of allylic oxidation sites excluding steroid dienone is 1. The van der Waals surface area contributed by atoms with E-state index in [-0.39, 0.29) is 11.5 Å². The number of hydrogen-bond acceptors (Lipinski definition) is 4. The van der Waals surface area contributed by atoms with Crippen LogP contribution in [0.1, 0.15) is 27.0 Å². The van der Waals surface area contributed by atoms with E-state index < -0.39 is 0 Å². The third kappa shape index (κ3) is 5.70. The van der Waals surface area contributed by atoms with Crippen molar-refractivity contribution in [2.24, 2.45) is 0 Å². The van der Waals surface area contributed by atoms with E-state index in [1.165, 1.54) is 6.08 Å². The van der Waals surface area contributed by atoms with Crippen LogP contribution < -0.4 is 0 Å². The molecule has 0 heterocycles. The standard InChI is InChI=1S/C21H25ClN2O2/c1-23(2)13-17-11-16(12-18(21(17)26)14-24(3)4)20(25)9-8-15-6-5-7-19(22)10-15/h5-12,26H,13-14H2,1-4H3. The molecule has 0 saturated heterocycles. The predicted octanol–water partition coefficient (Wildman–Crippen LogP) is 4.06. The van der Waals surface area contributed by atoms with Crippen molar-refractivity contribution in [3.05, 3.63) is 69.8 Å². The number of halogens is 1. The molecular formula is C21H25ClN2O2. The molecule has 0 saturated carbocycles. The van der Waals surface area contributed by atoms with Gasteiger partial charge in [-0.25, -0.2) is 0 Å². The van der Waals surface area contributed by atoms with Crippen LogP contribution in [0.2, 0.25) is 5.02 Å². The van der Waals surface area contributed by atoms with E-state index in [1.807, 2.05) is 50.1 Å². The molecule has 4 nitrogen and oxygen atoms in total. The maximum absolute atomic E-state index is 12.7. The van der Waals surface area contributed by atoms with Crippen LogP contribution in [0.5, 0.6) is 5.75 Å². The second-order valence-electron chi connectivity index (χ2n) is 6.87. The summed E-state index contributed by atoms with van der Waals surface area (Å²) in [6.45, 7) is 1.12. The highest BCUT2D eigenvalue weighted by atomic mass is 35.5. The quantitative estimate of drug-likeness (QED) is 0.588. The van der Waals surface area contributed by atoms with Crippen molar-refractivity contribution in [1.29, 1.82) is 0 Å². The lowest BCUT2D eigenvalue weighted by Gasteiger charge is -2.17. The molecular weight excluding hydrogens is 348 g/mol. The molecule has 0 unspecified atom stereocenters. The molecule has 2 rings (SSSR count). The van der Waals surface area contributed by atoms with E-state index in [4.69, 9.17) is 11.6 Å². The zero-order chi connectivity index (χ0) is 19.3. The highest BCUT2D eigenvalue weighted by Crippen LogP contribution is 2.27. The van der Waals surface area contributed by atoms with Gasteiger partial charge in [0.15, 0.2) is 5.78 Å². The zero-order valence-corrected chi connectivity index (χ0v) is 16.4. The molecule has 138 valence electrons. The average Bonchev–Trinajstić information content (AvgIpc) is 2.55. The third-order valence-electron chi connectivity index (χ3n) is 3.80. The first-order chi connectivity index (χ1) is 12.3. The van der Waals surface area contributed by atoms with E-state index in [0.717, 1.165) is 16.7 Å². The number of hydrogen-bond donors (Lipinski definition) is 1. The minimum atomic E-state index is -0.106. The lowest BCUT2D eigenvalue weighted by molar-refractivity contribution is 0.104. The number of ketones is 1. The van der Waals surface area contributed by atoms with Crippen molar-refractivity contribution < 1.29 is 9.90 Å². The molecule has 2 aromatic rings. The largest absolute Gasteiger partial charge is 0.507 e. The highest BCUT2D eigenvalue weighted by molar-refractivity contribution is 6.30. The van der Waals surface area contributed by atoms with Gasteiger partial charge in [0.05, 0.1) is 0 Å². The van der Waals surface area contributed by atoms with Crippen LogP contribution in [0.3, 0.4) is 0 Å². The Morgan fingerprint density at radius 1 is 1.04 bits per heavy atom. The normalized spacial score (nSPS) is 11.7. The third-order valence-corrected chi connectivity index (χ3v) is 4.04. The first-order valence-corrected chi connectivity index (χ1v) is 8.76. The van der Waals surface area contributed by atoms with Gasteiger partial charge >= 0.3 is 0 Å².